The molecule has 0 spiro atoms. The minimum absolute atomic E-state index is 0.0672. The number of anilines is 2. The lowest BCUT2D eigenvalue weighted by molar-refractivity contribution is -0.113. The van der Waals surface area contributed by atoms with Crippen LogP contribution >= 0.6 is 34.7 Å². The number of hydrogen-bond donors (Lipinski definition) is 3. The predicted molar refractivity (Wildman–Crippen MR) is 140 cm³/mol. The van der Waals surface area contributed by atoms with E-state index in [0.29, 0.717) is 21.5 Å². The number of nitrogens with zero attached hydrogens (tertiary/aromatic N) is 1. The Balaban J connectivity index is 1.30. The number of hydrogen-bond acceptors (Lipinski definition) is 6. The Morgan fingerprint density at radius 2 is 1.60 bits per heavy atom. The normalized spacial score (nSPS) is 10.5. The number of thioether (sulfide) groups is 1. The molecular weight excluding hydrogens is 506 g/mol. The molecule has 0 aliphatic rings. The number of nitrogens with one attached hydrogen (secondary N) is 2. The monoisotopic (exact) mass is 523 g/mol. The Morgan fingerprint density at radius 1 is 0.914 bits per heavy atom. The molecule has 0 saturated heterocycles. The summed E-state index contributed by atoms with van der Waals surface area (Å²) in [6.45, 7) is 0. The number of halogens is 1. The summed E-state index contributed by atoms with van der Waals surface area (Å²) >= 11 is 8.87. The fourth-order valence-corrected chi connectivity index (χ4v) is 4.79. The molecule has 3 N–H and O–H groups in total. The van der Waals surface area contributed by atoms with Gasteiger partial charge in [0.1, 0.15) is 0 Å². The Labute approximate surface area is 214 Å². The van der Waals surface area contributed by atoms with Crippen LogP contribution in [0.3, 0.4) is 0 Å². The van der Waals surface area contributed by atoms with Gasteiger partial charge in [-0.1, -0.05) is 41.9 Å². The van der Waals surface area contributed by atoms with E-state index in [2.05, 4.69) is 15.6 Å². The standard InChI is InChI=1S/C25H18ClN3O4S2/c26-20-8-4-3-7-19(20)21-13-35-25(28-21)29-22(30)14-34-16-11-9-15(10-12-16)27-23(31)17-5-1-2-6-18(17)24(32)33/h1-13H,14H2,(H,27,31)(H,32,33)(H,28,29,30). The smallest absolute Gasteiger partial charge is 0.336 e. The molecule has 0 radical (unpaired) electrons. The molecule has 0 aliphatic carbocycles. The van der Waals surface area contributed by atoms with Crippen LogP contribution in [-0.4, -0.2) is 33.6 Å². The van der Waals surface area contributed by atoms with E-state index in [-0.39, 0.29) is 22.8 Å². The van der Waals surface area contributed by atoms with E-state index in [1.54, 1.807) is 42.5 Å². The molecule has 0 saturated carbocycles. The molecule has 1 aromatic heterocycles. The number of carboxylic acid groups (broad SMARTS) is 1. The average molecular weight is 524 g/mol. The molecule has 2 amide bonds. The van der Waals surface area contributed by atoms with Crippen LogP contribution in [0.25, 0.3) is 11.3 Å². The molecule has 35 heavy (non-hydrogen) atoms. The number of carboxylic acids is 1. The molecular formula is C25H18ClN3O4S2. The first-order valence-electron chi connectivity index (χ1n) is 10.3. The van der Waals surface area contributed by atoms with Gasteiger partial charge >= 0.3 is 5.97 Å². The lowest BCUT2D eigenvalue weighted by atomic mass is 10.1. The molecule has 3 aromatic carbocycles. The summed E-state index contributed by atoms with van der Waals surface area (Å²) in [7, 11) is 0. The molecule has 10 heteroatoms. The van der Waals surface area contributed by atoms with Crippen molar-refractivity contribution in [1.82, 2.24) is 4.98 Å². The maximum atomic E-state index is 12.5. The summed E-state index contributed by atoms with van der Waals surface area (Å²) < 4.78 is 0. The zero-order valence-electron chi connectivity index (χ0n) is 18.0. The van der Waals surface area contributed by atoms with Crippen molar-refractivity contribution >= 4 is 63.3 Å². The third kappa shape index (κ3) is 6.27. The van der Waals surface area contributed by atoms with E-state index in [1.807, 2.05) is 23.6 Å². The van der Waals surface area contributed by atoms with Gasteiger partial charge in [0.25, 0.3) is 5.91 Å². The summed E-state index contributed by atoms with van der Waals surface area (Å²) in [4.78, 5) is 41.4. The highest BCUT2D eigenvalue weighted by molar-refractivity contribution is 8.00. The maximum absolute atomic E-state index is 12.5. The largest absolute Gasteiger partial charge is 0.478 e. The fraction of sp³-hybridized carbons (Fsp3) is 0.0400. The summed E-state index contributed by atoms with van der Waals surface area (Å²) in [5.41, 5.74) is 2.03. The topological polar surface area (TPSA) is 108 Å². The van der Waals surface area contributed by atoms with Gasteiger partial charge in [-0.15, -0.1) is 23.1 Å². The zero-order valence-corrected chi connectivity index (χ0v) is 20.4. The second kappa shape index (κ2) is 11.2. The minimum atomic E-state index is -1.17. The van der Waals surface area contributed by atoms with E-state index in [9.17, 15) is 19.5 Å². The van der Waals surface area contributed by atoms with Crippen LogP contribution in [-0.2, 0) is 4.79 Å². The van der Waals surface area contributed by atoms with Gasteiger partial charge < -0.3 is 15.7 Å². The van der Waals surface area contributed by atoms with Crippen molar-refractivity contribution in [3.8, 4) is 11.3 Å². The van der Waals surface area contributed by atoms with Crippen molar-refractivity contribution in [2.75, 3.05) is 16.4 Å². The molecule has 0 unspecified atom stereocenters. The van der Waals surface area contributed by atoms with Crippen molar-refractivity contribution in [1.29, 1.82) is 0 Å². The first kappa shape index (κ1) is 24.5. The van der Waals surface area contributed by atoms with E-state index in [1.165, 1.54) is 35.2 Å². The number of rotatable bonds is 8. The van der Waals surface area contributed by atoms with Gasteiger partial charge in [0, 0.05) is 26.5 Å². The second-order valence-corrected chi connectivity index (χ2v) is 9.50. The Bertz CT molecular complexity index is 1390. The van der Waals surface area contributed by atoms with Gasteiger partial charge in [0.05, 0.1) is 22.6 Å². The van der Waals surface area contributed by atoms with Crippen molar-refractivity contribution < 1.29 is 19.5 Å². The summed E-state index contributed by atoms with van der Waals surface area (Å²) in [5, 5.41) is 17.7. The molecule has 4 rings (SSSR count). The van der Waals surface area contributed by atoms with Crippen LogP contribution in [0.15, 0.2) is 83.1 Å². The molecule has 176 valence electrons. The van der Waals surface area contributed by atoms with Crippen LogP contribution in [0.1, 0.15) is 20.7 Å². The van der Waals surface area contributed by atoms with Crippen LogP contribution in [0.5, 0.6) is 0 Å². The third-order valence-electron chi connectivity index (χ3n) is 4.78. The Morgan fingerprint density at radius 3 is 2.31 bits per heavy atom. The van der Waals surface area contributed by atoms with E-state index < -0.39 is 11.9 Å². The molecule has 0 bridgehead atoms. The van der Waals surface area contributed by atoms with Gasteiger partial charge in [-0.3, -0.25) is 9.59 Å². The number of aromatic carboxylic acids is 1. The van der Waals surface area contributed by atoms with Gasteiger partial charge in [-0.25, -0.2) is 9.78 Å². The number of aromatic nitrogens is 1. The molecule has 0 aliphatic heterocycles. The molecule has 0 fully saturated rings. The molecule has 1 heterocycles. The SMILES string of the molecule is O=C(CSc1ccc(NC(=O)c2ccccc2C(=O)O)cc1)Nc1nc(-c2ccccc2Cl)cs1. The zero-order chi connectivity index (χ0) is 24.8. The van der Waals surface area contributed by atoms with Crippen molar-refractivity contribution in [3.05, 3.63) is 94.3 Å². The van der Waals surface area contributed by atoms with E-state index >= 15 is 0 Å². The summed E-state index contributed by atoms with van der Waals surface area (Å²) in [6.07, 6.45) is 0. The van der Waals surface area contributed by atoms with E-state index in [4.69, 9.17) is 11.6 Å². The lowest BCUT2D eigenvalue weighted by Gasteiger charge is -2.08. The Kier molecular flexibility index (Phi) is 7.81. The van der Waals surface area contributed by atoms with Crippen LogP contribution in [0.2, 0.25) is 5.02 Å². The quantitative estimate of drug-likeness (QED) is 0.239. The number of carbonyl (C=O) groups is 3. The predicted octanol–water partition coefficient (Wildman–Crippen LogP) is 6.14. The van der Waals surface area contributed by atoms with Crippen LogP contribution < -0.4 is 10.6 Å². The first-order chi connectivity index (χ1) is 16.9. The van der Waals surface area contributed by atoms with Crippen LogP contribution in [0.4, 0.5) is 10.8 Å². The highest BCUT2D eigenvalue weighted by Gasteiger charge is 2.16. The van der Waals surface area contributed by atoms with Crippen molar-refractivity contribution in [2.45, 2.75) is 4.90 Å². The second-order valence-electron chi connectivity index (χ2n) is 7.18. The summed E-state index contributed by atoms with van der Waals surface area (Å²) in [5.74, 6) is -1.70. The van der Waals surface area contributed by atoms with Gasteiger partial charge in [-0.05, 0) is 42.5 Å². The minimum Gasteiger partial charge on any atom is -0.478 e. The molecule has 7 nitrogen and oxygen atoms in total. The van der Waals surface area contributed by atoms with Crippen molar-refractivity contribution in [3.63, 3.8) is 0 Å². The summed E-state index contributed by atoms with van der Waals surface area (Å²) in [6, 6.07) is 20.3. The fourth-order valence-electron chi connectivity index (χ4n) is 3.13. The average Bonchev–Trinajstić information content (AvgIpc) is 3.32. The van der Waals surface area contributed by atoms with Gasteiger partial charge in [0.15, 0.2) is 5.13 Å². The van der Waals surface area contributed by atoms with Gasteiger partial charge in [0.2, 0.25) is 5.91 Å². The van der Waals surface area contributed by atoms with Crippen molar-refractivity contribution in [2.24, 2.45) is 0 Å². The first-order valence-corrected chi connectivity index (χ1v) is 12.5. The Hall–Kier alpha value is -3.66. The number of benzene rings is 3. The number of amides is 2. The maximum Gasteiger partial charge on any atom is 0.336 e. The van der Waals surface area contributed by atoms with Crippen LogP contribution in [0, 0.1) is 0 Å². The van der Waals surface area contributed by atoms with E-state index in [0.717, 1.165) is 10.5 Å². The highest BCUT2D eigenvalue weighted by atomic mass is 35.5. The lowest BCUT2D eigenvalue weighted by Crippen LogP contribution is -2.16. The third-order valence-corrected chi connectivity index (χ3v) is 6.88. The number of thiazole rings is 1. The highest BCUT2D eigenvalue weighted by Crippen LogP contribution is 2.30. The van der Waals surface area contributed by atoms with Gasteiger partial charge in [-0.2, -0.15) is 0 Å². The number of carbonyl (C=O) groups excluding carboxylic acids is 2. The molecule has 0 atom stereocenters. The molecule has 4 aromatic rings.